The molecule has 0 aliphatic rings. The van der Waals surface area contributed by atoms with Crippen LogP contribution in [0, 0.1) is 0 Å². The summed E-state index contributed by atoms with van der Waals surface area (Å²) in [7, 11) is 1.36. The molecule has 0 fully saturated rings. The van der Waals surface area contributed by atoms with Gasteiger partial charge >= 0.3 is 5.97 Å². The Bertz CT molecular complexity index is 867. The van der Waals surface area contributed by atoms with Crippen molar-refractivity contribution >= 4 is 44.9 Å². The van der Waals surface area contributed by atoms with Crippen molar-refractivity contribution in [3.05, 3.63) is 71.0 Å². The summed E-state index contributed by atoms with van der Waals surface area (Å²) in [5.41, 5.74) is 2.23. The van der Waals surface area contributed by atoms with Crippen molar-refractivity contribution in [2.24, 2.45) is 0 Å². The number of ether oxygens (including phenoxy) is 1. The van der Waals surface area contributed by atoms with E-state index in [9.17, 15) is 4.79 Å². The number of aromatic nitrogens is 2. The predicted octanol–water partition coefficient (Wildman–Crippen LogP) is 4.51. The van der Waals surface area contributed by atoms with Crippen LogP contribution in [0.4, 0.5) is 23.0 Å². The van der Waals surface area contributed by atoms with E-state index < -0.39 is 0 Å². The minimum atomic E-state index is -0.366. The SMILES string of the molecule is COC(=O)c1ccc(Nc2cc(Nc3ccc(Br)cc3)ncn2)cc1. The number of esters is 1. The lowest BCUT2D eigenvalue weighted by molar-refractivity contribution is 0.0601. The number of anilines is 4. The van der Waals surface area contributed by atoms with Gasteiger partial charge in [0.2, 0.25) is 0 Å². The molecule has 2 N–H and O–H groups in total. The van der Waals surface area contributed by atoms with Crippen LogP contribution in [0.5, 0.6) is 0 Å². The van der Waals surface area contributed by atoms with Gasteiger partial charge < -0.3 is 15.4 Å². The molecule has 6 nitrogen and oxygen atoms in total. The molecule has 0 radical (unpaired) electrons. The van der Waals surface area contributed by atoms with Gasteiger partial charge in [-0.3, -0.25) is 0 Å². The summed E-state index contributed by atoms with van der Waals surface area (Å²) in [6.07, 6.45) is 1.48. The molecule has 0 bridgehead atoms. The molecule has 1 aromatic heterocycles. The highest BCUT2D eigenvalue weighted by molar-refractivity contribution is 9.10. The Morgan fingerprint density at radius 3 is 1.96 bits per heavy atom. The van der Waals surface area contributed by atoms with Crippen molar-refractivity contribution in [1.29, 1.82) is 0 Å². The van der Waals surface area contributed by atoms with Gasteiger partial charge in [-0.15, -0.1) is 0 Å². The average molecular weight is 399 g/mol. The van der Waals surface area contributed by atoms with Crippen LogP contribution < -0.4 is 10.6 Å². The number of methoxy groups -OCH3 is 1. The van der Waals surface area contributed by atoms with E-state index in [4.69, 9.17) is 0 Å². The van der Waals surface area contributed by atoms with Gasteiger partial charge in [-0.2, -0.15) is 0 Å². The number of nitrogens with zero attached hydrogens (tertiary/aromatic N) is 2. The van der Waals surface area contributed by atoms with Crippen molar-refractivity contribution in [2.45, 2.75) is 0 Å². The molecule has 0 saturated carbocycles. The highest BCUT2D eigenvalue weighted by Gasteiger charge is 2.05. The van der Waals surface area contributed by atoms with E-state index in [1.807, 2.05) is 24.3 Å². The lowest BCUT2D eigenvalue weighted by Crippen LogP contribution is -2.01. The van der Waals surface area contributed by atoms with Crippen molar-refractivity contribution in [1.82, 2.24) is 9.97 Å². The number of hydrogen-bond donors (Lipinski definition) is 2. The van der Waals surface area contributed by atoms with Crippen LogP contribution in [-0.2, 0) is 4.74 Å². The molecular weight excluding hydrogens is 384 g/mol. The second-order valence-electron chi connectivity index (χ2n) is 5.11. The molecule has 0 amide bonds. The lowest BCUT2D eigenvalue weighted by atomic mass is 10.2. The minimum absolute atomic E-state index is 0.366. The van der Waals surface area contributed by atoms with E-state index in [1.165, 1.54) is 13.4 Å². The maximum atomic E-state index is 11.4. The van der Waals surface area contributed by atoms with Crippen molar-refractivity contribution in [3.8, 4) is 0 Å². The van der Waals surface area contributed by atoms with Crippen molar-refractivity contribution in [3.63, 3.8) is 0 Å². The Morgan fingerprint density at radius 1 is 0.920 bits per heavy atom. The zero-order chi connectivity index (χ0) is 17.6. The molecule has 25 heavy (non-hydrogen) atoms. The second kappa shape index (κ2) is 7.76. The number of benzene rings is 2. The predicted molar refractivity (Wildman–Crippen MR) is 101 cm³/mol. The van der Waals surface area contributed by atoms with Gasteiger partial charge in [-0.1, -0.05) is 15.9 Å². The molecule has 0 aliphatic carbocycles. The molecule has 3 rings (SSSR count). The van der Waals surface area contributed by atoms with E-state index in [2.05, 4.69) is 41.3 Å². The largest absolute Gasteiger partial charge is 0.465 e. The average Bonchev–Trinajstić information content (AvgIpc) is 2.64. The third-order valence-corrected chi connectivity index (χ3v) is 3.89. The van der Waals surface area contributed by atoms with Gasteiger partial charge in [0, 0.05) is 21.9 Å². The highest BCUT2D eigenvalue weighted by Crippen LogP contribution is 2.21. The number of hydrogen-bond acceptors (Lipinski definition) is 6. The molecule has 2 aromatic carbocycles. The Labute approximate surface area is 153 Å². The third kappa shape index (κ3) is 4.54. The zero-order valence-electron chi connectivity index (χ0n) is 13.4. The molecule has 0 unspecified atom stereocenters. The maximum absolute atomic E-state index is 11.4. The van der Waals surface area contributed by atoms with Crippen LogP contribution in [0.15, 0.2) is 65.4 Å². The Morgan fingerprint density at radius 2 is 1.44 bits per heavy atom. The first-order valence-electron chi connectivity index (χ1n) is 7.44. The zero-order valence-corrected chi connectivity index (χ0v) is 14.9. The summed E-state index contributed by atoms with van der Waals surface area (Å²) in [5, 5.41) is 6.39. The molecular formula is C18H15BrN4O2. The first-order chi connectivity index (χ1) is 12.1. The van der Waals surface area contributed by atoms with Gasteiger partial charge in [-0.05, 0) is 48.5 Å². The smallest absolute Gasteiger partial charge is 0.337 e. The highest BCUT2D eigenvalue weighted by atomic mass is 79.9. The molecule has 7 heteroatoms. The van der Waals surface area contributed by atoms with Gasteiger partial charge in [0.1, 0.15) is 18.0 Å². The fourth-order valence-electron chi connectivity index (χ4n) is 2.13. The Balaban J connectivity index is 1.71. The van der Waals surface area contributed by atoms with E-state index in [0.29, 0.717) is 17.2 Å². The molecule has 0 atom stereocenters. The molecule has 0 spiro atoms. The first-order valence-corrected chi connectivity index (χ1v) is 8.23. The van der Waals surface area contributed by atoms with Crippen LogP contribution in [-0.4, -0.2) is 23.0 Å². The van der Waals surface area contributed by atoms with Gasteiger partial charge in [0.05, 0.1) is 12.7 Å². The third-order valence-electron chi connectivity index (χ3n) is 3.36. The monoisotopic (exact) mass is 398 g/mol. The van der Waals surface area contributed by atoms with E-state index >= 15 is 0 Å². The number of halogens is 1. The molecule has 3 aromatic rings. The Hall–Kier alpha value is -2.93. The summed E-state index contributed by atoms with van der Waals surface area (Å²) < 4.78 is 5.70. The topological polar surface area (TPSA) is 76.1 Å². The maximum Gasteiger partial charge on any atom is 0.337 e. The standard InChI is InChI=1S/C18H15BrN4O2/c1-25-18(24)12-2-6-14(7-3-12)22-16-10-17(21-11-20-16)23-15-8-4-13(19)5-9-15/h2-11H,1H3,(H2,20,21,22,23). The number of nitrogens with one attached hydrogen (secondary N) is 2. The number of rotatable bonds is 5. The molecule has 0 saturated heterocycles. The van der Waals surface area contributed by atoms with Crippen LogP contribution >= 0.6 is 15.9 Å². The van der Waals surface area contributed by atoms with E-state index in [0.717, 1.165) is 15.8 Å². The van der Waals surface area contributed by atoms with Crippen molar-refractivity contribution in [2.75, 3.05) is 17.7 Å². The van der Waals surface area contributed by atoms with E-state index in [1.54, 1.807) is 30.3 Å². The summed E-state index contributed by atoms with van der Waals surface area (Å²) in [6.45, 7) is 0. The minimum Gasteiger partial charge on any atom is -0.465 e. The second-order valence-corrected chi connectivity index (χ2v) is 6.03. The van der Waals surface area contributed by atoms with Crippen LogP contribution in [0.25, 0.3) is 0 Å². The summed E-state index contributed by atoms with van der Waals surface area (Å²) >= 11 is 3.41. The van der Waals surface area contributed by atoms with Crippen LogP contribution in [0.2, 0.25) is 0 Å². The van der Waals surface area contributed by atoms with Crippen LogP contribution in [0.3, 0.4) is 0 Å². The molecule has 0 aliphatic heterocycles. The van der Waals surface area contributed by atoms with Gasteiger partial charge in [0.25, 0.3) is 0 Å². The number of carbonyl (C=O) groups excluding carboxylic acids is 1. The fraction of sp³-hybridized carbons (Fsp3) is 0.0556. The van der Waals surface area contributed by atoms with Gasteiger partial charge in [0.15, 0.2) is 0 Å². The Kier molecular flexibility index (Phi) is 5.25. The van der Waals surface area contributed by atoms with Gasteiger partial charge in [-0.25, -0.2) is 14.8 Å². The summed E-state index contributed by atoms with van der Waals surface area (Å²) in [6, 6.07) is 16.6. The molecule has 1 heterocycles. The fourth-order valence-corrected chi connectivity index (χ4v) is 2.39. The normalized spacial score (nSPS) is 10.2. The van der Waals surface area contributed by atoms with E-state index in [-0.39, 0.29) is 5.97 Å². The quantitative estimate of drug-likeness (QED) is 0.615. The van der Waals surface area contributed by atoms with Crippen LogP contribution in [0.1, 0.15) is 10.4 Å². The van der Waals surface area contributed by atoms with Crippen molar-refractivity contribution < 1.29 is 9.53 Å². The number of carbonyl (C=O) groups is 1. The lowest BCUT2D eigenvalue weighted by Gasteiger charge is -2.09. The molecule has 126 valence electrons. The first kappa shape index (κ1) is 16.9. The summed E-state index contributed by atoms with van der Waals surface area (Å²) in [4.78, 5) is 19.9. The summed E-state index contributed by atoms with van der Waals surface area (Å²) in [5.74, 6) is 0.945.